The van der Waals surface area contributed by atoms with E-state index in [4.69, 9.17) is 14.2 Å². The molecule has 1 atom stereocenters. The fourth-order valence-electron chi connectivity index (χ4n) is 3.60. The summed E-state index contributed by atoms with van der Waals surface area (Å²) in [6.45, 7) is 0. The van der Waals surface area contributed by atoms with E-state index in [9.17, 15) is 14.7 Å². The number of hydrogen-bond donors (Lipinski definition) is 1. The fraction of sp³-hybridized carbons (Fsp3) is 0.182. The SMILES string of the molecule is COc1cc(C2/C(=C(\O)c3ccncc3)C(=O)C(=O)N2c2nccs2)cc(OC)c1OC. The first kappa shape index (κ1) is 21.3. The lowest BCUT2D eigenvalue weighted by atomic mass is 9.95. The van der Waals surface area contributed by atoms with Crippen molar-refractivity contribution in [3.63, 3.8) is 0 Å². The molecule has 3 heterocycles. The summed E-state index contributed by atoms with van der Waals surface area (Å²) < 4.78 is 16.3. The highest BCUT2D eigenvalue weighted by Gasteiger charge is 2.48. The number of benzene rings is 1. The van der Waals surface area contributed by atoms with E-state index in [-0.39, 0.29) is 11.3 Å². The smallest absolute Gasteiger partial charge is 0.301 e. The van der Waals surface area contributed by atoms with E-state index in [1.807, 2.05) is 0 Å². The van der Waals surface area contributed by atoms with Gasteiger partial charge < -0.3 is 19.3 Å². The summed E-state index contributed by atoms with van der Waals surface area (Å²) in [6, 6.07) is 5.41. The average molecular weight is 453 g/mol. The Morgan fingerprint density at radius 3 is 2.22 bits per heavy atom. The molecule has 3 aromatic rings. The third kappa shape index (κ3) is 3.44. The predicted octanol–water partition coefficient (Wildman–Crippen LogP) is 3.19. The Balaban J connectivity index is 2.00. The second kappa shape index (κ2) is 8.67. The molecule has 9 nitrogen and oxygen atoms in total. The molecule has 4 rings (SSSR count). The number of carbonyl (C=O) groups excluding carboxylic acids is 2. The van der Waals surface area contributed by atoms with E-state index < -0.39 is 17.7 Å². The Kier molecular flexibility index (Phi) is 5.78. The summed E-state index contributed by atoms with van der Waals surface area (Å²) in [5.74, 6) is -0.892. The molecular formula is C22H19N3O6S. The lowest BCUT2D eigenvalue weighted by Crippen LogP contribution is -2.29. The van der Waals surface area contributed by atoms with Gasteiger partial charge in [0.15, 0.2) is 16.6 Å². The van der Waals surface area contributed by atoms with Crippen molar-refractivity contribution in [1.82, 2.24) is 9.97 Å². The molecule has 0 aliphatic carbocycles. The maximum absolute atomic E-state index is 13.1. The molecular weight excluding hydrogens is 434 g/mol. The fourth-order valence-corrected chi connectivity index (χ4v) is 4.27. The first-order valence-corrected chi connectivity index (χ1v) is 10.3. The van der Waals surface area contributed by atoms with Crippen molar-refractivity contribution in [3.8, 4) is 17.2 Å². The van der Waals surface area contributed by atoms with Gasteiger partial charge in [-0.3, -0.25) is 19.5 Å². The number of ketones is 1. The van der Waals surface area contributed by atoms with Crippen LogP contribution in [0.1, 0.15) is 17.2 Å². The number of methoxy groups -OCH3 is 3. The van der Waals surface area contributed by atoms with Crippen LogP contribution in [0.15, 0.2) is 53.8 Å². The molecule has 1 fully saturated rings. The predicted molar refractivity (Wildman–Crippen MR) is 117 cm³/mol. The molecule has 1 aliphatic rings. The number of hydrogen-bond acceptors (Lipinski definition) is 9. The van der Waals surface area contributed by atoms with Crippen LogP contribution < -0.4 is 19.1 Å². The van der Waals surface area contributed by atoms with Crippen LogP contribution in [0, 0.1) is 0 Å². The molecule has 1 saturated heterocycles. The first-order chi connectivity index (χ1) is 15.5. The highest BCUT2D eigenvalue weighted by atomic mass is 32.1. The molecule has 32 heavy (non-hydrogen) atoms. The number of rotatable bonds is 6. The maximum Gasteiger partial charge on any atom is 0.301 e. The van der Waals surface area contributed by atoms with E-state index in [0.717, 1.165) is 0 Å². The Hall–Kier alpha value is -3.92. The summed E-state index contributed by atoms with van der Waals surface area (Å²) in [5, 5.41) is 13.1. The van der Waals surface area contributed by atoms with Gasteiger partial charge in [0.1, 0.15) is 5.76 Å². The number of pyridine rings is 1. The monoisotopic (exact) mass is 453 g/mol. The van der Waals surface area contributed by atoms with Crippen LogP contribution in [0.3, 0.4) is 0 Å². The van der Waals surface area contributed by atoms with Crippen LogP contribution in [0.25, 0.3) is 5.76 Å². The topological polar surface area (TPSA) is 111 Å². The molecule has 1 aromatic carbocycles. The van der Waals surface area contributed by atoms with E-state index >= 15 is 0 Å². The van der Waals surface area contributed by atoms with Crippen LogP contribution in [0.4, 0.5) is 5.13 Å². The second-order valence-electron chi connectivity index (χ2n) is 6.68. The third-order valence-corrected chi connectivity index (χ3v) is 5.80. The van der Waals surface area contributed by atoms with Gasteiger partial charge in [-0.05, 0) is 29.8 Å². The molecule has 164 valence electrons. The Labute approximate surface area is 187 Å². The normalized spacial score (nSPS) is 17.5. The summed E-state index contributed by atoms with van der Waals surface area (Å²) in [7, 11) is 4.41. The van der Waals surface area contributed by atoms with Gasteiger partial charge in [0.05, 0.1) is 32.9 Å². The average Bonchev–Trinajstić information content (AvgIpc) is 3.44. The number of aliphatic hydroxyl groups excluding tert-OH is 1. The zero-order valence-electron chi connectivity index (χ0n) is 17.4. The highest BCUT2D eigenvalue weighted by Crippen LogP contribution is 2.47. The van der Waals surface area contributed by atoms with Crippen molar-refractivity contribution in [2.24, 2.45) is 0 Å². The number of aromatic nitrogens is 2. The Morgan fingerprint density at radius 1 is 1.03 bits per heavy atom. The van der Waals surface area contributed by atoms with E-state index in [1.165, 1.54) is 56.2 Å². The lowest BCUT2D eigenvalue weighted by Gasteiger charge is -2.24. The summed E-state index contributed by atoms with van der Waals surface area (Å²) in [5.41, 5.74) is 0.754. The largest absolute Gasteiger partial charge is 0.507 e. The van der Waals surface area contributed by atoms with Crippen molar-refractivity contribution in [2.75, 3.05) is 26.2 Å². The standard InChI is InChI=1S/C22H19N3O6S/c1-29-14-10-13(11-15(30-2)20(14)31-3)17-16(18(26)12-4-6-23-7-5-12)19(27)21(28)25(17)22-24-8-9-32-22/h4-11,17,26H,1-3H3/b18-16+. The molecule has 0 spiro atoms. The van der Waals surface area contributed by atoms with Gasteiger partial charge in [0, 0.05) is 29.5 Å². The Bertz CT molecular complexity index is 1170. The minimum atomic E-state index is -0.969. The molecule has 2 aromatic heterocycles. The van der Waals surface area contributed by atoms with Crippen molar-refractivity contribution < 1.29 is 28.9 Å². The molecule has 1 aliphatic heterocycles. The maximum atomic E-state index is 13.1. The van der Waals surface area contributed by atoms with Crippen molar-refractivity contribution in [2.45, 2.75) is 6.04 Å². The number of nitrogens with zero attached hydrogens (tertiary/aromatic N) is 3. The lowest BCUT2D eigenvalue weighted by molar-refractivity contribution is -0.132. The summed E-state index contributed by atoms with van der Waals surface area (Å²) in [4.78, 5) is 35.6. The molecule has 10 heteroatoms. The zero-order valence-corrected chi connectivity index (χ0v) is 18.3. The zero-order chi connectivity index (χ0) is 22.8. The van der Waals surface area contributed by atoms with Gasteiger partial charge in [-0.25, -0.2) is 4.98 Å². The van der Waals surface area contributed by atoms with E-state index in [2.05, 4.69) is 9.97 Å². The van der Waals surface area contributed by atoms with Crippen LogP contribution in [-0.2, 0) is 9.59 Å². The number of Topliss-reactive ketones (excluding diaryl/α,β-unsaturated/α-hetero) is 1. The molecule has 1 amide bonds. The van der Waals surface area contributed by atoms with Gasteiger partial charge >= 0.3 is 5.91 Å². The van der Waals surface area contributed by atoms with Gasteiger partial charge in [-0.15, -0.1) is 11.3 Å². The molecule has 0 bridgehead atoms. The number of anilines is 1. The van der Waals surface area contributed by atoms with Gasteiger partial charge in [0.25, 0.3) is 5.78 Å². The number of aliphatic hydroxyl groups is 1. The van der Waals surface area contributed by atoms with Gasteiger partial charge in [-0.1, -0.05) is 0 Å². The van der Waals surface area contributed by atoms with Crippen LogP contribution in [0.5, 0.6) is 17.2 Å². The summed E-state index contributed by atoms with van der Waals surface area (Å²) in [6.07, 6.45) is 4.51. The van der Waals surface area contributed by atoms with Crippen molar-refractivity contribution in [3.05, 3.63) is 64.9 Å². The minimum absolute atomic E-state index is 0.0781. The van der Waals surface area contributed by atoms with Gasteiger partial charge in [-0.2, -0.15) is 0 Å². The van der Waals surface area contributed by atoms with Crippen molar-refractivity contribution in [1.29, 1.82) is 0 Å². The Morgan fingerprint density at radius 2 is 1.69 bits per heavy atom. The van der Waals surface area contributed by atoms with Gasteiger partial charge in [0.2, 0.25) is 5.75 Å². The molecule has 0 radical (unpaired) electrons. The second-order valence-corrected chi connectivity index (χ2v) is 7.55. The third-order valence-electron chi connectivity index (χ3n) is 5.03. The molecule has 1 unspecified atom stereocenters. The van der Waals surface area contributed by atoms with Crippen LogP contribution >= 0.6 is 11.3 Å². The number of carbonyl (C=O) groups is 2. The van der Waals surface area contributed by atoms with E-state index in [0.29, 0.717) is 33.5 Å². The number of thiazole rings is 1. The molecule has 1 N–H and O–H groups in total. The van der Waals surface area contributed by atoms with Crippen LogP contribution in [-0.4, -0.2) is 48.1 Å². The first-order valence-electron chi connectivity index (χ1n) is 9.42. The number of ether oxygens (including phenoxy) is 3. The van der Waals surface area contributed by atoms with Crippen LogP contribution in [0.2, 0.25) is 0 Å². The minimum Gasteiger partial charge on any atom is -0.507 e. The van der Waals surface area contributed by atoms with Crippen molar-refractivity contribution >= 4 is 33.9 Å². The number of amides is 1. The molecule has 0 saturated carbocycles. The quantitative estimate of drug-likeness (QED) is 0.344. The van der Waals surface area contributed by atoms with E-state index in [1.54, 1.807) is 29.6 Å². The summed E-state index contributed by atoms with van der Waals surface area (Å²) >= 11 is 1.20. The highest BCUT2D eigenvalue weighted by molar-refractivity contribution is 7.14.